The minimum atomic E-state index is 0.314. The summed E-state index contributed by atoms with van der Waals surface area (Å²) < 4.78 is 1.56. The number of rotatable bonds is 4. The molecule has 1 fully saturated rings. The summed E-state index contributed by atoms with van der Waals surface area (Å²) in [6.45, 7) is 0. The van der Waals surface area contributed by atoms with Gasteiger partial charge in [0, 0.05) is 18.4 Å². The Bertz CT molecular complexity index is 504. The molecule has 8 heteroatoms. The molecule has 0 saturated heterocycles. The van der Waals surface area contributed by atoms with Gasteiger partial charge in [-0.1, -0.05) is 0 Å². The summed E-state index contributed by atoms with van der Waals surface area (Å²) >= 11 is 0. The number of hydrogen-bond acceptors (Lipinski definition) is 7. The minimum Gasteiger partial charge on any atom is -0.351 e. The third kappa shape index (κ3) is 2.16. The molecule has 0 bridgehead atoms. The van der Waals surface area contributed by atoms with Crippen LogP contribution in [0.3, 0.4) is 0 Å². The lowest BCUT2D eigenvalue weighted by molar-refractivity contribution is 0.795. The van der Waals surface area contributed by atoms with Crippen molar-refractivity contribution >= 4 is 11.9 Å². The molecule has 88 valence electrons. The number of nitrogens with zero attached hydrogens (tertiary/aromatic N) is 5. The lowest BCUT2D eigenvalue weighted by atomic mass is 10.7. The molecule has 2 aromatic rings. The zero-order valence-electron chi connectivity index (χ0n) is 9.04. The molecule has 8 nitrogen and oxygen atoms in total. The van der Waals surface area contributed by atoms with Gasteiger partial charge in [0.1, 0.15) is 0 Å². The number of nitrogens with two attached hydrogens (primary N) is 1. The molecule has 0 aromatic carbocycles. The standard InChI is InChI=1S/C9H12N8/c10-16-8-13-7(12-6-2-3-6)14-9(15-8)17-5-1-4-11-17/h1,4-6H,2-3,10H2,(H2,12,13,14,15,16). The molecule has 2 heterocycles. The lowest BCUT2D eigenvalue weighted by Gasteiger charge is -2.07. The third-order valence-electron chi connectivity index (χ3n) is 2.37. The maximum atomic E-state index is 5.33. The summed E-state index contributed by atoms with van der Waals surface area (Å²) in [6.07, 6.45) is 5.71. The van der Waals surface area contributed by atoms with E-state index in [9.17, 15) is 0 Å². The summed E-state index contributed by atoms with van der Waals surface area (Å²) in [4.78, 5) is 12.5. The van der Waals surface area contributed by atoms with Gasteiger partial charge in [0.25, 0.3) is 5.95 Å². The fraction of sp³-hybridized carbons (Fsp3) is 0.333. The van der Waals surface area contributed by atoms with Crippen LogP contribution in [0.15, 0.2) is 18.5 Å². The van der Waals surface area contributed by atoms with E-state index in [2.05, 4.69) is 30.8 Å². The first kappa shape index (κ1) is 9.97. The molecule has 17 heavy (non-hydrogen) atoms. The maximum Gasteiger partial charge on any atom is 0.257 e. The smallest absolute Gasteiger partial charge is 0.257 e. The van der Waals surface area contributed by atoms with Crippen molar-refractivity contribution in [1.29, 1.82) is 0 Å². The number of nitrogen functional groups attached to an aromatic ring is 1. The van der Waals surface area contributed by atoms with Gasteiger partial charge in [0.2, 0.25) is 11.9 Å². The van der Waals surface area contributed by atoms with Gasteiger partial charge in [-0.2, -0.15) is 20.1 Å². The summed E-state index contributed by atoms with van der Waals surface area (Å²) in [6, 6.07) is 2.27. The van der Waals surface area contributed by atoms with Gasteiger partial charge in [-0.25, -0.2) is 10.5 Å². The highest BCUT2D eigenvalue weighted by molar-refractivity contribution is 5.38. The highest BCUT2D eigenvalue weighted by Gasteiger charge is 2.22. The molecule has 1 aliphatic rings. The van der Waals surface area contributed by atoms with Crippen LogP contribution in [-0.4, -0.2) is 30.8 Å². The van der Waals surface area contributed by atoms with Gasteiger partial charge in [-0.15, -0.1) is 0 Å². The van der Waals surface area contributed by atoms with Crippen molar-refractivity contribution in [2.75, 3.05) is 10.7 Å². The quantitative estimate of drug-likeness (QED) is 0.499. The molecule has 3 rings (SSSR count). The number of nitrogens with one attached hydrogen (secondary N) is 2. The average Bonchev–Trinajstić information content (AvgIpc) is 2.99. The zero-order chi connectivity index (χ0) is 11.7. The Morgan fingerprint density at radius 1 is 1.24 bits per heavy atom. The van der Waals surface area contributed by atoms with Crippen LogP contribution in [0.1, 0.15) is 12.8 Å². The maximum absolute atomic E-state index is 5.33. The van der Waals surface area contributed by atoms with Crippen LogP contribution in [0, 0.1) is 0 Å². The second kappa shape index (κ2) is 3.98. The molecule has 2 aromatic heterocycles. The van der Waals surface area contributed by atoms with E-state index in [-0.39, 0.29) is 0 Å². The number of hydrazine groups is 1. The fourth-order valence-electron chi connectivity index (χ4n) is 1.39. The Hall–Kier alpha value is -2.22. The fourth-order valence-corrected chi connectivity index (χ4v) is 1.39. The molecule has 0 spiro atoms. The molecule has 0 amide bonds. The minimum absolute atomic E-state index is 0.314. The number of hydrogen-bond donors (Lipinski definition) is 3. The Morgan fingerprint density at radius 3 is 2.71 bits per heavy atom. The van der Waals surface area contributed by atoms with E-state index in [1.54, 1.807) is 23.1 Å². The zero-order valence-corrected chi connectivity index (χ0v) is 9.04. The first-order valence-electron chi connectivity index (χ1n) is 5.34. The highest BCUT2D eigenvalue weighted by atomic mass is 15.4. The van der Waals surface area contributed by atoms with E-state index in [1.165, 1.54) is 0 Å². The third-order valence-corrected chi connectivity index (χ3v) is 2.37. The molecule has 0 atom stereocenters. The molecule has 0 unspecified atom stereocenters. The van der Waals surface area contributed by atoms with Gasteiger partial charge in [0.05, 0.1) is 0 Å². The van der Waals surface area contributed by atoms with Crippen LogP contribution in [-0.2, 0) is 0 Å². The molecular weight excluding hydrogens is 220 g/mol. The van der Waals surface area contributed by atoms with Crippen molar-refractivity contribution in [2.45, 2.75) is 18.9 Å². The monoisotopic (exact) mass is 232 g/mol. The second-order valence-electron chi connectivity index (χ2n) is 3.80. The lowest BCUT2D eigenvalue weighted by Crippen LogP contribution is -2.16. The summed E-state index contributed by atoms with van der Waals surface area (Å²) in [7, 11) is 0. The van der Waals surface area contributed by atoms with Gasteiger partial charge in [-0.3, -0.25) is 5.43 Å². The van der Waals surface area contributed by atoms with Crippen molar-refractivity contribution in [3.05, 3.63) is 18.5 Å². The van der Waals surface area contributed by atoms with Crippen LogP contribution in [0.25, 0.3) is 5.95 Å². The first-order valence-corrected chi connectivity index (χ1v) is 5.34. The van der Waals surface area contributed by atoms with E-state index >= 15 is 0 Å². The van der Waals surface area contributed by atoms with Gasteiger partial charge >= 0.3 is 0 Å². The Morgan fingerprint density at radius 2 is 2.06 bits per heavy atom. The second-order valence-corrected chi connectivity index (χ2v) is 3.80. The summed E-state index contributed by atoms with van der Waals surface area (Å²) in [5, 5.41) is 7.26. The van der Waals surface area contributed by atoms with Crippen molar-refractivity contribution in [3.63, 3.8) is 0 Å². The van der Waals surface area contributed by atoms with Gasteiger partial charge < -0.3 is 5.32 Å². The predicted molar refractivity (Wildman–Crippen MR) is 61.4 cm³/mol. The summed E-state index contributed by atoms with van der Waals surface area (Å²) in [5.74, 6) is 6.59. The number of anilines is 2. The van der Waals surface area contributed by atoms with Crippen LogP contribution >= 0.6 is 0 Å². The predicted octanol–water partition coefficient (Wildman–Crippen LogP) is -0.0828. The van der Waals surface area contributed by atoms with Crippen molar-refractivity contribution < 1.29 is 0 Å². The topological polar surface area (TPSA) is 107 Å². The van der Waals surface area contributed by atoms with E-state index < -0.39 is 0 Å². The van der Waals surface area contributed by atoms with E-state index in [0.29, 0.717) is 23.9 Å². The highest BCUT2D eigenvalue weighted by Crippen LogP contribution is 2.23. The molecule has 0 aliphatic heterocycles. The van der Waals surface area contributed by atoms with Crippen LogP contribution in [0.4, 0.5) is 11.9 Å². The normalized spacial score (nSPS) is 14.6. The van der Waals surface area contributed by atoms with Crippen LogP contribution < -0.4 is 16.6 Å². The Labute approximate surface area is 97.3 Å². The molecule has 0 radical (unpaired) electrons. The summed E-state index contributed by atoms with van der Waals surface area (Å²) in [5.41, 5.74) is 2.42. The number of aromatic nitrogens is 5. The van der Waals surface area contributed by atoms with E-state index in [0.717, 1.165) is 12.8 Å². The van der Waals surface area contributed by atoms with Crippen LogP contribution in [0.5, 0.6) is 0 Å². The Balaban J connectivity index is 1.96. The van der Waals surface area contributed by atoms with Crippen molar-refractivity contribution in [1.82, 2.24) is 24.7 Å². The molecule has 1 saturated carbocycles. The van der Waals surface area contributed by atoms with Crippen molar-refractivity contribution in [2.24, 2.45) is 5.84 Å². The van der Waals surface area contributed by atoms with E-state index in [4.69, 9.17) is 5.84 Å². The molecule has 1 aliphatic carbocycles. The first-order chi connectivity index (χ1) is 8.35. The van der Waals surface area contributed by atoms with Crippen molar-refractivity contribution in [3.8, 4) is 5.95 Å². The van der Waals surface area contributed by atoms with Crippen LogP contribution in [0.2, 0.25) is 0 Å². The average molecular weight is 232 g/mol. The van der Waals surface area contributed by atoms with Gasteiger partial charge in [-0.05, 0) is 18.9 Å². The molecule has 4 N–H and O–H groups in total. The van der Waals surface area contributed by atoms with E-state index in [1.807, 2.05) is 0 Å². The molecular formula is C9H12N8. The SMILES string of the molecule is NNc1nc(NC2CC2)nc(-n2cccn2)n1. The largest absolute Gasteiger partial charge is 0.351 e. The van der Waals surface area contributed by atoms with Gasteiger partial charge in [0.15, 0.2) is 0 Å². The Kier molecular flexibility index (Phi) is 2.33.